The maximum atomic E-state index is 13.6. The van der Waals surface area contributed by atoms with E-state index in [-0.39, 0.29) is 18.6 Å². The number of carbonyl (C=O) groups is 5. The quantitative estimate of drug-likeness (QED) is 0.186. The molecule has 1 aliphatic heterocycles. The van der Waals surface area contributed by atoms with Crippen molar-refractivity contribution in [2.75, 3.05) is 13.7 Å². The molecule has 1 fully saturated rings. The Hall–Kier alpha value is -3.75. The summed E-state index contributed by atoms with van der Waals surface area (Å²) in [5.74, 6) is -3.04. The molecule has 0 spiro atoms. The molecule has 12 nitrogen and oxygen atoms in total. The van der Waals surface area contributed by atoms with Crippen LogP contribution in [-0.2, 0) is 41.6 Å². The third kappa shape index (κ3) is 10.1. The van der Waals surface area contributed by atoms with Crippen molar-refractivity contribution in [2.45, 2.75) is 74.2 Å². The molecule has 3 rings (SSSR count). The number of aromatic hydroxyl groups is 1. The molecule has 1 aliphatic rings. The molecule has 4 atom stereocenters. The number of carbonyl (C=O) groups excluding carboxylic acids is 5. The van der Waals surface area contributed by atoms with E-state index in [0.29, 0.717) is 0 Å². The van der Waals surface area contributed by atoms with Crippen molar-refractivity contribution < 1.29 is 33.8 Å². The first-order valence-electron chi connectivity index (χ1n) is 14.3. The number of hydrogen-bond donors (Lipinski definition) is 6. The van der Waals surface area contributed by atoms with Crippen LogP contribution in [0.2, 0.25) is 0 Å². The van der Waals surface area contributed by atoms with E-state index in [9.17, 15) is 29.1 Å². The summed E-state index contributed by atoms with van der Waals surface area (Å²) < 4.78 is 3.05. The third-order valence-electron chi connectivity index (χ3n) is 7.22. The maximum absolute atomic E-state index is 13.6. The van der Waals surface area contributed by atoms with Gasteiger partial charge in [-0.2, -0.15) is 0 Å². The highest BCUT2D eigenvalue weighted by molar-refractivity contribution is 8.77. The van der Waals surface area contributed by atoms with Gasteiger partial charge in [-0.15, -0.1) is 0 Å². The number of phenolic OH excluding ortho intramolecular Hbond substituents is 1. The lowest BCUT2D eigenvalue weighted by molar-refractivity contribution is -0.146. The van der Waals surface area contributed by atoms with Gasteiger partial charge in [0.15, 0.2) is 0 Å². The topological polar surface area (TPSA) is 189 Å². The number of phenols is 1. The van der Waals surface area contributed by atoms with Crippen molar-refractivity contribution >= 4 is 51.2 Å². The van der Waals surface area contributed by atoms with Crippen molar-refractivity contribution in [2.24, 2.45) is 5.73 Å². The van der Waals surface area contributed by atoms with Gasteiger partial charge in [-0.3, -0.25) is 19.2 Å². The monoisotopic (exact) mass is 659 g/mol. The number of nitrogens with two attached hydrogens (primary N) is 1. The normalized spacial score (nSPS) is 22.9. The number of rotatable bonds is 7. The zero-order chi connectivity index (χ0) is 33.4. The number of methoxy groups -OCH3 is 1. The molecule has 4 amide bonds. The summed E-state index contributed by atoms with van der Waals surface area (Å²) in [6.07, 6.45) is 0.286. The van der Waals surface area contributed by atoms with Crippen LogP contribution in [0.3, 0.4) is 0 Å². The van der Waals surface area contributed by atoms with Crippen molar-refractivity contribution in [3.05, 3.63) is 65.7 Å². The van der Waals surface area contributed by atoms with E-state index in [4.69, 9.17) is 10.5 Å². The van der Waals surface area contributed by atoms with Gasteiger partial charge in [0.25, 0.3) is 0 Å². The number of ether oxygens (including phenoxy) is 1. The molecule has 0 bridgehead atoms. The fraction of sp³-hybridized carbons (Fsp3) is 0.452. The summed E-state index contributed by atoms with van der Waals surface area (Å²) in [5.41, 5.74) is 7.69. The van der Waals surface area contributed by atoms with Gasteiger partial charge in [-0.05, 0) is 57.4 Å². The first-order valence-corrected chi connectivity index (χ1v) is 16.5. The van der Waals surface area contributed by atoms with E-state index >= 15 is 0 Å². The number of hydrogen-bond acceptors (Lipinski definition) is 10. The maximum Gasteiger partial charge on any atom is 0.329 e. The summed E-state index contributed by atoms with van der Waals surface area (Å²) in [6, 6.07) is 11.0. The summed E-state index contributed by atoms with van der Waals surface area (Å²) in [4.78, 5) is 66.3. The van der Waals surface area contributed by atoms with Gasteiger partial charge in [0, 0.05) is 11.2 Å². The van der Waals surface area contributed by atoms with E-state index in [1.165, 1.54) is 40.8 Å². The van der Waals surface area contributed by atoms with Crippen LogP contribution in [0.1, 0.15) is 38.8 Å². The highest BCUT2D eigenvalue weighted by Crippen LogP contribution is 2.46. The largest absolute Gasteiger partial charge is 0.508 e. The predicted molar refractivity (Wildman–Crippen MR) is 174 cm³/mol. The van der Waals surface area contributed by atoms with Crippen LogP contribution in [0.5, 0.6) is 5.75 Å². The van der Waals surface area contributed by atoms with Crippen LogP contribution < -0.4 is 27.0 Å². The molecule has 0 saturated carbocycles. The van der Waals surface area contributed by atoms with E-state index in [2.05, 4.69) is 21.3 Å². The second-order valence-electron chi connectivity index (χ2n) is 11.8. The molecular weight excluding hydrogens is 619 g/mol. The van der Waals surface area contributed by atoms with Crippen LogP contribution >= 0.6 is 21.6 Å². The minimum absolute atomic E-state index is 0.0804. The Balaban J connectivity index is 1.90. The van der Waals surface area contributed by atoms with Crippen molar-refractivity contribution in [3.8, 4) is 5.75 Å². The molecule has 14 heteroatoms. The molecule has 1 unspecified atom stereocenters. The summed E-state index contributed by atoms with van der Waals surface area (Å²) in [7, 11) is 3.70. The highest BCUT2D eigenvalue weighted by Gasteiger charge is 2.44. The lowest BCUT2D eigenvalue weighted by atomic mass is 10.00. The van der Waals surface area contributed by atoms with E-state index in [1.54, 1.807) is 52.0 Å². The van der Waals surface area contributed by atoms with Crippen molar-refractivity contribution in [1.29, 1.82) is 0 Å². The van der Waals surface area contributed by atoms with Crippen LogP contribution in [0.15, 0.2) is 54.6 Å². The van der Waals surface area contributed by atoms with Crippen molar-refractivity contribution in [1.82, 2.24) is 21.3 Å². The smallest absolute Gasteiger partial charge is 0.329 e. The number of benzene rings is 2. The van der Waals surface area contributed by atoms with Crippen LogP contribution in [0.4, 0.5) is 0 Å². The minimum Gasteiger partial charge on any atom is -0.508 e. The van der Waals surface area contributed by atoms with Gasteiger partial charge >= 0.3 is 5.97 Å². The van der Waals surface area contributed by atoms with Crippen LogP contribution in [0, 0.1) is 0 Å². The van der Waals surface area contributed by atoms with E-state index in [0.717, 1.165) is 11.1 Å². The van der Waals surface area contributed by atoms with Crippen molar-refractivity contribution in [3.63, 3.8) is 0 Å². The van der Waals surface area contributed by atoms with Crippen LogP contribution in [0.25, 0.3) is 0 Å². The summed E-state index contributed by atoms with van der Waals surface area (Å²) in [5, 5.41) is 20.3. The Labute approximate surface area is 270 Å². The number of nitrogens with one attached hydrogen (secondary N) is 4. The molecule has 45 heavy (non-hydrogen) atoms. The summed E-state index contributed by atoms with van der Waals surface area (Å²) in [6.45, 7) is 6.51. The third-order valence-corrected chi connectivity index (χ3v) is 11.5. The summed E-state index contributed by atoms with van der Waals surface area (Å²) >= 11 is 0. The fourth-order valence-corrected chi connectivity index (χ4v) is 7.35. The standard InChI is InChI=1S/C31H41N5O7S2/c1-30(2)24(35-26(39)21(32)15-19-11-13-20(37)14-12-19)28(41)33-17-23(38)34-22(16-18-9-7-6-8-10-18)27(40)36-25(29(42)43-5)31(3,4)45-44-30/h6-14,21-22,24-25,37H,15-17,32H2,1-5H3,(H,33,41)(H,34,38)(H,35,39)(H,36,40)/t21-,22-,24-,25?/m0/s1. The second-order valence-corrected chi connectivity index (χ2v) is 15.2. The molecule has 2 aromatic rings. The Morgan fingerprint density at radius 2 is 1.58 bits per heavy atom. The van der Waals surface area contributed by atoms with E-state index in [1.807, 2.05) is 18.2 Å². The van der Waals surface area contributed by atoms with E-state index < -0.39 is 69.8 Å². The zero-order valence-corrected chi connectivity index (χ0v) is 27.6. The van der Waals surface area contributed by atoms with Gasteiger partial charge in [0.2, 0.25) is 23.6 Å². The Bertz CT molecular complexity index is 1370. The SMILES string of the molecule is COC(=O)C1NC(=O)[C@H](Cc2ccccc2)NC(=O)CNC(=O)[C@H](NC(=O)[C@@H](N)Cc2ccc(O)cc2)C(C)(C)SSC1(C)C. The average molecular weight is 660 g/mol. The molecule has 0 aromatic heterocycles. The average Bonchev–Trinajstić information content (AvgIpc) is 3.00. The van der Waals surface area contributed by atoms with Gasteiger partial charge in [0.05, 0.1) is 24.4 Å². The molecule has 1 heterocycles. The van der Waals surface area contributed by atoms with Gasteiger partial charge in [-0.1, -0.05) is 64.1 Å². The molecule has 244 valence electrons. The second kappa shape index (κ2) is 15.5. The first-order chi connectivity index (χ1) is 21.1. The minimum atomic E-state index is -1.15. The Morgan fingerprint density at radius 3 is 2.20 bits per heavy atom. The Morgan fingerprint density at radius 1 is 0.956 bits per heavy atom. The Kier molecular flexibility index (Phi) is 12.3. The molecule has 0 radical (unpaired) electrons. The molecular formula is C31H41N5O7S2. The first kappa shape index (κ1) is 35.7. The van der Waals surface area contributed by atoms with Crippen LogP contribution in [-0.4, -0.2) is 82.0 Å². The van der Waals surface area contributed by atoms with Gasteiger partial charge < -0.3 is 36.8 Å². The van der Waals surface area contributed by atoms with Gasteiger partial charge in [-0.25, -0.2) is 4.79 Å². The fourth-order valence-electron chi connectivity index (χ4n) is 4.55. The highest BCUT2D eigenvalue weighted by atomic mass is 33.1. The lowest BCUT2D eigenvalue weighted by Crippen LogP contribution is -2.62. The number of esters is 1. The molecule has 1 saturated heterocycles. The number of amides is 4. The molecule has 7 N–H and O–H groups in total. The zero-order valence-electron chi connectivity index (χ0n) is 25.9. The molecule has 0 aliphatic carbocycles. The molecule has 2 aromatic carbocycles. The lowest BCUT2D eigenvalue weighted by Gasteiger charge is -2.38. The van der Waals surface area contributed by atoms with Gasteiger partial charge in [0.1, 0.15) is 23.9 Å². The predicted octanol–water partition coefficient (Wildman–Crippen LogP) is 1.20.